The predicted octanol–water partition coefficient (Wildman–Crippen LogP) is 0.608. The van der Waals surface area contributed by atoms with Crippen molar-refractivity contribution in [3.8, 4) is 0 Å². The summed E-state index contributed by atoms with van der Waals surface area (Å²) < 4.78 is 220. The molecule has 310 valence electrons. The molecule has 3 rings (SSSR count). The summed E-state index contributed by atoms with van der Waals surface area (Å²) in [5.74, 6) is -2.25. The Morgan fingerprint density at radius 2 is 0.821 bits per heavy atom. The Bertz CT molecular complexity index is 2930. The van der Waals surface area contributed by atoms with Crippen LogP contribution in [0.25, 0.3) is 0 Å². The zero-order valence-corrected chi connectivity index (χ0v) is 32.7. The van der Waals surface area contributed by atoms with E-state index >= 15 is 0 Å². The van der Waals surface area contributed by atoms with Crippen LogP contribution in [0.1, 0.15) is 0 Å². The van der Waals surface area contributed by atoms with Crippen LogP contribution in [-0.4, -0.2) is 106 Å². The van der Waals surface area contributed by atoms with Gasteiger partial charge in [-0.3, -0.25) is 22.8 Å². The maximum atomic E-state index is 12.6. The molecule has 0 heterocycles. The molecule has 0 unspecified atom stereocenters. The smallest absolute Gasteiger partial charge is 0.396 e. The van der Waals surface area contributed by atoms with Crippen LogP contribution in [0, 0.1) is 0 Å². The summed E-state index contributed by atoms with van der Waals surface area (Å²) in [6.07, 6.45) is 0. The van der Waals surface area contributed by atoms with Crippen molar-refractivity contribution in [1.82, 2.24) is 0 Å². The van der Waals surface area contributed by atoms with Gasteiger partial charge in [0, 0.05) is 0 Å². The molecule has 0 amide bonds. The fraction of sp³-hybridized carbons (Fsp3) is 0.182. The minimum atomic E-state index is -5.37. The SMILES string of the molecule is Nc1c(/N=N/c2ccc(S(=O)(=O)CCOS(=O)(=O)O)cc2S(=O)(=O)O)cc(S(=O)(=O)O)c(N)c1/N=N/c1ccc(S(=O)(=O)CCOS(=O)(=O)O)cc1S(=O)(=O)O. The normalized spacial score (nSPS) is 13.8. The van der Waals surface area contributed by atoms with Crippen molar-refractivity contribution in [2.24, 2.45) is 20.5 Å². The largest absolute Gasteiger partial charge is 0.397 e. The van der Waals surface area contributed by atoms with E-state index in [1.54, 1.807) is 0 Å². The molecule has 27 nitrogen and oxygen atoms in total. The van der Waals surface area contributed by atoms with Gasteiger partial charge in [0.15, 0.2) is 19.7 Å². The lowest BCUT2D eigenvalue weighted by atomic mass is 10.2. The van der Waals surface area contributed by atoms with E-state index in [4.69, 9.17) is 20.6 Å². The van der Waals surface area contributed by atoms with Crippen molar-refractivity contribution >= 4 is 105 Å². The Morgan fingerprint density at radius 3 is 1.18 bits per heavy atom. The highest BCUT2D eigenvalue weighted by molar-refractivity contribution is 7.92. The van der Waals surface area contributed by atoms with E-state index < -0.39 is 154 Å². The summed E-state index contributed by atoms with van der Waals surface area (Å²) in [5, 5.41) is 14.1. The molecule has 0 aromatic heterocycles. The van der Waals surface area contributed by atoms with Crippen molar-refractivity contribution in [2.45, 2.75) is 24.5 Å². The van der Waals surface area contributed by atoms with Gasteiger partial charge in [-0.1, -0.05) is 0 Å². The number of rotatable bonds is 17. The van der Waals surface area contributed by atoms with Crippen LogP contribution in [-0.2, 0) is 79.2 Å². The number of azo groups is 2. The first-order chi connectivity index (χ1) is 25.2. The molecule has 0 atom stereocenters. The van der Waals surface area contributed by atoms with Crippen molar-refractivity contribution in [3.63, 3.8) is 0 Å². The minimum Gasteiger partial charge on any atom is -0.396 e. The van der Waals surface area contributed by atoms with E-state index in [-0.39, 0.29) is 0 Å². The first kappa shape index (κ1) is 46.2. The molecule has 0 aliphatic rings. The van der Waals surface area contributed by atoms with Crippen LogP contribution in [0.15, 0.2) is 87.4 Å². The highest BCUT2D eigenvalue weighted by atomic mass is 32.3. The second kappa shape index (κ2) is 16.4. The van der Waals surface area contributed by atoms with Crippen LogP contribution in [0.4, 0.5) is 34.1 Å². The number of anilines is 2. The lowest BCUT2D eigenvalue weighted by molar-refractivity contribution is 0.282. The van der Waals surface area contributed by atoms with Crippen LogP contribution in [0.2, 0.25) is 0 Å². The summed E-state index contributed by atoms with van der Waals surface area (Å²) in [6, 6.07) is 3.89. The number of nitrogens with zero attached hydrogens (tertiary/aromatic N) is 4. The summed E-state index contributed by atoms with van der Waals surface area (Å²) in [6.45, 7) is -2.23. The van der Waals surface area contributed by atoms with Crippen molar-refractivity contribution in [2.75, 3.05) is 36.2 Å². The maximum absolute atomic E-state index is 12.6. The van der Waals surface area contributed by atoms with Gasteiger partial charge in [0.2, 0.25) is 0 Å². The third kappa shape index (κ3) is 12.4. The van der Waals surface area contributed by atoms with Crippen molar-refractivity contribution in [3.05, 3.63) is 42.5 Å². The highest BCUT2D eigenvalue weighted by Crippen LogP contribution is 2.44. The van der Waals surface area contributed by atoms with Gasteiger partial charge in [-0.15, -0.1) is 20.5 Å². The number of nitrogens with two attached hydrogens (primary N) is 2. The number of benzene rings is 3. The first-order valence-corrected chi connectivity index (χ1v) is 24.0. The third-order valence-corrected chi connectivity index (χ3v) is 13.4. The van der Waals surface area contributed by atoms with Crippen LogP contribution < -0.4 is 11.5 Å². The van der Waals surface area contributed by atoms with Gasteiger partial charge in [-0.05, 0) is 42.5 Å². The Kier molecular flexibility index (Phi) is 13.5. The van der Waals surface area contributed by atoms with E-state index in [1.807, 2.05) is 0 Å². The molecule has 0 fully saturated rings. The second-order valence-electron chi connectivity index (χ2n) is 10.3. The molecule has 9 N–H and O–H groups in total. The van der Waals surface area contributed by atoms with Gasteiger partial charge in [-0.2, -0.15) is 42.1 Å². The average Bonchev–Trinajstić information content (AvgIpc) is 3.01. The lowest BCUT2D eigenvalue weighted by Crippen LogP contribution is -2.16. The van der Waals surface area contributed by atoms with Gasteiger partial charge >= 0.3 is 20.8 Å². The van der Waals surface area contributed by atoms with Crippen molar-refractivity contribution in [1.29, 1.82) is 0 Å². The molecule has 0 saturated heterocycles. The molecule has 0 spiro atoms. The molecule has 3 aromatic rings. The average molecular weight is 933 g/mol. The number of hydrogen-bond acceptors (Lipinski definition) is 22. The Labute approximate surface area is 317 Å². The van der Waals surface area contributed by atoms with Gasteiger partial charge in [0.05, 0.1) is 45.9 Å². The van der Waals surface area contributed by atoms with Crippen molar-refractivity contribution < 1.29 is 90.1 Å². The molecule has 3 aromatic carbocycles. The van der Waals surface area contributed by atoms with Crippen LogP contribution in [0.5, 0.6) is 0 Å². The van der Waals surface area contributed by atoms with E-state index in [0.717, 1.165) is 0 Å². The van der Waals surface area contributed by atoms with E-state index in [9.17, 15) is 72.6 Å². The van der Waals surface area contributed by atoms with Gasteiger partial charge < -0.3 is 11.5 Å². The standard InChI is InChI=1S/C22H24N6O21S7/c23-20-16(27-25-14-3-1-12(9-17(14)52(33,34)35)50(29,30)7-5-48-55(42,43)44)11-19(54(39,40)41)21(24)22(20)28-26-15-4-2-13(10-18(15)53(36,37)38)51(31,32)8-6-49-56(45,46)47/h1-4,9-11H,5-8,23-24H2,(H,33,34,35)(H,36,37,38)(H,39,40,41)(H,42,43,44)(H,45,46,47)/b27-25+,28-26+. The Hall–Kier alpha value is -4.17. The molecular formula is C22H24N6O21S7. The maximum Gasteiger partial charge on any atom is 0.397 e. The fourth-order valence-electron chi connectivity index (χ4n) is 3.97. The van der Waals surface area contributed by atoms with Gasteiger partial charge in [-0.25, -0.2) is 25.2 Å². The molecular weight excluding hydrogens is 909 g/mol. The lowest BCUT2D eigenvalue weighted by Gasteiger charge is -2.11. The van der Waals surface area contributed by atoms with E-state index in [0.29, 0.717) is 42.5 Å². The quantitative estimate of drug-likeness (QED) is 0.0554. The van der Waals surface area contributed by atoms with Gasteiger partial charge in [0.25, 0.3) is 30.4 Å². The van der Waals surface area contributed by atoms with Gasteiger partial charge in [0.1, 0.15) is 37.4 Å². The summed E-state index contributed by atoms with van der Waals surface area (Å²) in [7, 11) is -35.3. The van der Waals surface area contributed by atoms with Crippen LogP contribution in [0.3, 0.4) is 0 Å². The first-order valence-electron chi connectivity index (χ1n) is 13.7. The Balaban J connectivity index is 2.16. The predicted molar refractivity (Wildman–Crippen MR) is 185 cm³/mol. The molecule has 0 aliphatic heterocycles. The second-order valence-corrected chi connectivity index (χ2v) is 20.9. The Morgan fingerprint density at radius 1 is 0.464 bits per heavy atom. The fourth-order valence-corrected chi connectivity index (χ4v) is 9.07. The third-order valence-electron chi connectivity index (χ3n) is 6.43. The highest BCUT2D eigenvalue weighted by Gasteiger charge is 2.26. The number of hydrogen-bond donors (Lipinski definition) is 7. The summed E-state index contributed by atoms with van der Waals surface area (Å²) >= 11 is 0. The molecule has 56 heavy (non-hydrogen) atoms. The summed E-state index contributed by atoms with van der Waals surface area (Å²) in [4.78, 5) is -5.39. The number of nitrogen functional groups attached to an aromatic ring is 2. The summed E-state index contributed by atoms with van der Waals surface area (Å²) in [5.41, 5.74) is 6.57. The molecule has 0 aliphatic carbocycles. The monoisotopic (exact) mass is 932 g/mol. The zero-order valence-electron chi connectivity index (χ0n) is 26.9. The molecule has 0 radical (unpaired) electrons. The number of sulfone groups is 2. The molecule has 0 bridgehead atoms. The van der Waals surface area contributed by atoms with E-state index in [1.165, 1.54) is 0 Å². The topological polar surface area (TPSA) is 460 Å². The van der Waals surface area contributed by atoms with E-state index in [2.05, 4.69) is 28.8 Å². The minimum absolute atomic E-state index is 0.351. The van der Waals surface area contributed by atoms with Crippen LogP contribution >= 0.6 is 0 Å². The zero-order chi connectivity index (χ0) is 42.9. The molecule has 0 saturated carbocycles. The molecule has 34 heteroatoms.